The lowest BCUT2D eigenvalue weighted by Gasteiger charge is -2.47. The fraction of sp³-hybridized carbons (Fsp3) is 0.950. The van der Waals surface area contributed by atoms with Crippen LogP contribution in [0.4, 0.5) is 0 Å². The quantitative estimate of drug-likeness (QED) is 0.725. The molecule has 0 aromatic heterocycles. The Balaban J connectivity index is 0.000000758. The van der Waals surface area contributed by atoms with Crippen molar-refractivity contribution in [2.24, 2.45) is 11.8 Å². The Morgan fingerprint density at radius 3 is 2.15 bits per heavy atom. The number of nitrogens with zero attached hydrogens (tertiary/aromatic N) is 2. The molecule has 1 atom stereocenters. The second-order valence-electron chi connectivity index (χ2n) is 7.99. The monoisotopic (exact) mass is 369 g/mol. The summed E-state index contributed by atoms with van der Waals surface area (Å²) in [5, 5.41) is 2.75. The molecule has 3 aliphatic rings. The molecule has 1 aliphatic carbocycles. The molecular weight excluding hydrogens is 330 g/mol. The average Bonchev–Trinajstić information content (AvgIpc) is 3.13. The van der Waals surface area contributed by atoms with Crippen molar-refractivity contribution in [2.75, 3.05) is 46.9 Å². The summed E-state index contributed by atoms with van der Waals surface area (Å²) in [7, 11) is 3.75. The third-order valence-electron chi connectivity index (χ3n) is 5.47. The van der Waals surface area contributed by atoms with Gasteiger partial charge in [0.05, 0.1) is 18.6 Å². The average molecular weight is 370 g/mol. The van der Waals surface area contributed by atoms with Crippen molar-refractivity contribution in [1.29, 1.82) is 0 Å². The first kappa shape index (κ1) is 21.6. The van der Waals surface area contributed by atoms with Gasteiger partial charge in [0.25, 0.3) is 0 Å². The summed E-state index contributed by atoms with van der Waals surface area (Å²) >= 11 is 0. The SMILES string of the molecule is CCOC(=O)C1CCC(OC(N2CCCC2)N2CC(C)C2)CC1.CNC. The number of ether oxygens (including phenoxy) is 2. The van der Waals surface area contributed by atoms with E-state index in [1.807, 2.05) is 21.0 Å². The summed E-state index contributed by atoms with van der Waals surface area (Å²) in [4.78, 5) is 16.8. The summed E-state index contributed by atoms with van der Waals surface area (Å²) in [6, 6.07) is 0. The van der Waals surface area contributed by atoms with Crippen molar-refractivity contribution in [2.45, 2.75) is 64.8 Å². The van der Waals surface area contributed by atoms with Crippen LogP contribution in [0.5, 0.6) is 0 Å². The molecule has 2 aliphatic heterocycles. The lowest BCUT2D eigenvalue weighted by molar-refractivity contribution is -0.208. The molecule has 0 aromatic rings. The van der Waals surface area contributed by atoms with E-state index >= 15 is 0 Å². The highest BCUT2D eigenvalue weighted by molar-refractivity contribution is 5.72. The second-order valence-corrected chi connectivity index (χ2v) is 7.99. The van der Waals surface area contributed by atoms with E-state index in [1.54, 1.807) is 0 Å². The van der Waals surface area contributed by atoms with Gasteiger partial charge in [-0.2, -0.15) is 0 Å². The molecule has 26 heavy (non-hydrogen) atoms. The van der Waals surface area contributed by atoms with Crippen LogP contribution in [-0.4, -0.2) is 75.1 Å². The number of rotatable bonds is 6. The molecule has 2 saturated heterocycles. The molecule has 1 unspecified atom stereocenters. The highest BCUT2D eigenvalue weighted by atomic mass is 16.5. The lowest BCUT2D eigenvalue weighted by Crippen LogP contribution is -2.59. The third kappa shape index (κ3) is 6.19. The predicted molar refractivity (Wildman–Crippen MR) is 104 cm³/mol. The molecule has 0 bridgehead atoms. The summed E-state index contributed by atoms with van der Waals surface area (Å²) in [5.74, 6) is 0.867. The lowest BCUT2D eigenvalue weighted by atomic mass is 9.87. The van der Waals surface area contributed by atoms with Gasteiger partial charge in [-0.3, -0.25) is 14.6 Å². The minimum Gasteiger partial charge on any atom is -0.466 e. The predicted octanol–water partition coefficient (Wildman–Crippen LogP) is 2.29. The first-order valence-corrected chi connectivity index (χ1v) is 10.5. The number of carbonyl (C=O) groups is 1. The molecule has 6 nitrogen and oxygen atoms in total. The molecule has 0 radical (unpaired) electrons. The Morgan fingerprint density at radius 1 is 1.08 bits per heavy atom. The van der Waals surface area contributed by atoms with E-state index in [0.717, 1.165) is 57.8 Å². The third-order valence-corrected chi connectivity index (χ3v) is 5.47. The highest BCUT2D eigenvalue weighted by Gasteiger charge is 2.37. The van der Waals surface area contributed by atoms with Crippen molar-refractivity contribution in [3.63, 3.8) is 0 Å². The summed E-state index contributed by atoms with van der Waals surface area (Å²) in [5.41, 5.74) is 0. The van der Waals surface area contributed by atoms with E-state index in [1.165, 1.54) is 12.8 Å². The molecule has 2 heterocycles. The van der Waals surface area contributed by atoms with Crippen LogP contribution in [0.15, 0.2) is 0 Å². The number of hydrogen-bond donors (Lipinski definition) is 1. The Labute approximate surface area is 159 Å². The van der Waals surface area contributed by atoms with Gasteiger partial charge in [-0.15, -0.1) is 0 Å². The summed E-state index contributed by atoms with van der Waals surface area (Å²) in [6.45, 7) is 9.29. The highest BCUT2D eigenvalue weighted by Crippen LogP contribution is 2.31. The topological polar surface area (TPSA) is 54.0 Å². The maximum Gasteiger partial charge on any atom is 0.308 e. The number of esters is 1. The molecule has 3 fully saturated rings. The minimum atomic E-state index is -0.0152. The minimum absolute atomic E-state index is 0.0152. The largest absolute Gasteiger partial charge is 0.466 e. The Morgan fingerprint density at radius 2 is 1.65 bits per heavy atom. The van der Waals surface area contributed by atoms with Crippen molar-refractivity contribution < 1.29 is 14.3 Å². The van der Waals surface area contributed by atoms with Gasteiger partial charge in [0.1, 0.15) is 0 Å². The number of likely N-dealkylation sites (tertiary alicyclic amines) is 2. The fourth-order valence-corrected chi connectivity index (χ4v) is 4.16. The molecule has 0 amide bonds. The molecule has 0 aromatic carbocycles. The number of hydrogen-bond acceptors (Lipinski definition) is 6. The molecule has 1 N–H and O–H groups in total. The zero-order valence-corrected chi connectivity index (χ0v) is 17.2. The van der Waals surface area contributed by atoms with Crippen LogP contribution >= 0.6 is 0 Å². The fourth-order valence-electron chi connectivity index (χ4n) is 4.16. The van der Waals surface area contributed by atoms with Crippen LogP contribution in [0.25, 0.3) is 0 Å². The van der Waals surface area contributed by atoms with E-state index < -0.39 is 0 Å². The molecule has 152 valence electrons. The van der Waals surface area contributed by atoms with E-state index in [-0.39, 0.29) is 18.2 Å². The van der Waals surface area contributed by atoms with Gasteiger partial charge in [-0.25, -0.2) is 0 Å². The Kier molecular flexibility index (Phi) is 9.33. The summed E-state index contributed by atoms with van der Waals surface area (Å²) in [6.07, 6.45) is 6.82. The maximum atomic E-state index is 11.9. The van der Waals surface area contributed by atoms with E-state index in [9.17, 15) is 4.79 Å². The smallest absolute Gasteiger partial charge is 0.308 e. The van der Waals surface area contributed by atoms with Gasteiger partial charge < -0.3 is 14.8 Å². The Bertz CT molecular complexity index is 401. The van der Waals surface area contributed by atoms with Crippen LogP contribution in [0.1, 0.15) is 52.4 Å². The maximum absolute atomic E-state index is 11.9. The number of nitrogens with one attached hydrogen (secondary N) is 1. The van der Waals surface area contributed by atoms with Gasteiger partial charge in [-0.1, -0.05) is 6.92 Å². The van der Waals surface area contributed by atoms with Gasteiger partial charge >= 0.3 is 5.97 Å². The van der Waals surface area contributed by atoms with Gasteiger partial charge in [-0.05, 0) is 65.5 Å². The first-order chi connectivity index (χ1) is 12.6. The van der Waals surface area contributed by atoms with Crippen molar-refractivity contribution in [3.05, 3.63) is 0 Å². The molecule has 3 rings (SSSR count). The number of carbonyl (C=O) groups excluding carboxylic acids is 1. The normalized spacial score (nSPS) is 28.8. The molecule has 0 spiro atoms. The van der Waals surface area contributed by atoms with Crippen molar-refractivity contribution >= 4 is 5.97 Å². The van der Waals surface area contributed by atoms with Crippen LogP contribution in [-0.2, 0) is 14.3 Å². The first-order valence-electron chi connectivity index (χ1n) is 10.5. The molecule has 6 heteroatoms. The van der Waals surface area contributed by atoms with Crippen LogP contribution in [0.2, 0.25) is 0 Å². The van der Waals surface area contributed by atoms with Gasteiger partial charge in [0.2, 0.25) is 0 Å². The van der Waals surface area contributed by atoms with Crippen molar-refractivity contribution in [3.8, 4) is 0 Å². The van der Waals surface area contributed by atoms with E-state index in [0.29, 0.717) is 12.7 Å². The van der Waals surface area contributed by atoms with Crippen LogP contribution < -0.4 is 5.32 Å². The van der Waals surface area contributed by atoms with Gasteiger partial charge in [0, 0.05) is 26.2 Å². The zero-order valence-electron chi connectivity index (χ0n) is 17.2. The van der Waals surface area contributed by atoms with Crippen molar-refractivity contribution in [1.82, 2.24) is 15.1 Å². The standard InChI is InChI=1S/C18H32N2O3.C2H7N/c1-3-22-17(21)15-6-8-16(9-7-15)23-18(19-10-4-5-11-19)20-12-14(2)13-20;1-3-2/h14-16,18H,3-13H2,1-2H3;3H,1-2H3. The molecular formula is C20H39N3O3. The second kappa shape index (κ2) is 11.2. The van der Waals surface area contributed by atoms with Crippen LogP contribution in [0.3, 0.4) is 0 Å². The molecule has 1 saturated carbocycles. The Hall–Kier alpha value is -0.690. The zero-order chi connectivity index (χ0) is 18.9. The van der Waals surface area contributed by atoms with E-state index in [2.05, 4.69) is 22.0 Å². The van der Waals surface area contributed by atoms with Gasteiger partial charge in [0.15, 0.2) is 6.35 Å². The summed E-state index contributed by atoms with van der Waals surface area (Å²) < 4.78 is 11.7. The van der Waals surface area contributed by atoms with Crippen LogP contribution in [0, 0.1) is 11.8 Å². The van der Waals surface area contributed by atoms with E-state index in [4.69, 9.17) is 9.47 Å².